The van der Waals surface area contributed by atoms with Crippen LogP contribution < -0.4 is 21.9 Å². The molecule has 0 aliphatic heterocycles. The molecule has 5 N–H and O–H groups in total. The SMILES string of the molecule is COCCNC(=O)CNc1nc[nH]c(=O)c1N. The number of amides is 1. The number of nitrogen functional groups attached to an aromatic ring is 1. The van der Waals surface area contributed by atoms with E-state index < -0.39 is 5.56 Å². The summed E-state index contributed by atoms with van der Waals surface area (Å²) in [6.45, 7) is 0.858. The minimum Gasteiger partial charge on any atom is -0.391 e. The van der Waals surface area contributed by atoms with Gasteiger partial charge in [0, 0.05) is 13.7 Å². The zero-order valence-corrected chi connectivity index (χ0v) is 9.45. The van der Waals surface area contributed by atoms with Crippen LogP contribution in [-0.4, -0.2) is 42.7 Å². The Morgan fingerprint density at radius 3 is 3.12 bits per heavy atom. The zero-order chi connectivity index (χ0) is 12.7. The van der Waals surface area contributed by atoms with Gasteiger partial charge in [-0.15, -0.1) is 0 Å². The summed E-state index contributed by atoms with van der Waals surface area (Å²) in [5.41, 5.74) is 4.98. The molecule has 0 saturated carbocycles. The second-order valence-electron chi connectivity index (χ2n) is 3.19. The lowest BCUT2D eigenvalue weighted by Crippen LogP contribution is -2.32. The largest absolute Gasteiger partial charge is 0.391 e. The van der Waals surface area contributed by atoms with Crippen LogP contribution in [0.3, 0.4) is 0 Å². The molecule has 1 amide bonds. The molecule has 0 atom stereocenters. The second-order valence-corrected chi connectivity index (χ2v) is 3.19. The number of nitrogens with two attached hydrogens (primary N) is 1. The van der Waals surface area contributed by atoms with Crippen molar-refractivity contribution in [1.29, 1.82) is 0 Å². The van der Waals surface area contributed by atoms with Gasteiger partial charge in [0.1, 0.15) is 5.69 Å². The molecule has 0 saturated heterocycles. The lowest BCUT2D eigenvalue weighted by molar-refractivity contribution is -0.119. The molecule has 0 aromatic carbocycles. The van der Waals surface area contributed by atoms with Gasteiger partial charge in [0.25, 0.3) is 5.56 Å². The number of anilines is 2. The van der Waals surface area contributed by atoms with E-state index in [1.807, 2.05) is 0 Å². The number of ether oxygens (including phenoxy) is 1. The maximum Gasteiger partial charge on any atom is 0.276 e. The summed E-state index contributed by atoms with van der Waals surface area (Å²) in [5.74, 6) is -0.0424. The molecule has 8 heteroatoms. The van der Waals surface area contributed by atoms with Crippen LogP contribution in [-0.2, 0) is 9.53 Å². The van der Waals surface area contributed by atoms with Crippen molar-refractivity contribution < 1.29 is 9.53 Å². The van der Waals surface area contributed by atoms with Gasteiger partial charge < -0.3 is 26.1 Å². The summed E-state index contributed by atoms with van der Waals surface area (Å²) in [4.78, 5) is 28.6. The van der Waals surface area contributed by atoms with E-state index in [1.54, 1.807) is 7.11 Å². The van der Waals surface area contributed by atoms with Crippen LogP contribution in [0.1, 0.15) is 0 Å². The van der Waals surface area contributed by atoms with E-state index in [4.69, 9.17) is 10.5 Å². The maximum atomic E-state index is 11.3. The van der Waals surface area contributed by atoms with Crippen LogP contribution >= 0.6 is 0 Å². The van der Waals surface area contributed by atoms with Crippen LogP contribution in [0, 0.1) is 0 Å². The summed E-state index contributed by atoms with van der Waals surface area (Å²) >= 11 is 0. The van der Waals surface area contributed by atoms with E-state index >= 15 is 0 Å². The van der Waals surface area contributed by atoms with Crippen LogP contribution in [0.15, 0.2) is 11.1 Å². The Morgan fingerprint density at radius 2 is 2.41 bits per heavy atom. The number of methoxy groups -OCH3 is 1. The highest BCUT2D eigenvalue weighted by molar-refractivity contribution is 5.81. The molecule has 0 bridgehead atoms. The summed E-state index contributed by atoms with van der Waals surface area (Å²) in [6, 6.07) is 0. The lowest BCUT2D eigenvalue weighted by atomic mass is 10.4. The van der Waals surface area contributed by atoms with Gasteiger partial charge >= 0.3 is 0 Å². The fourth-order valence-electron chi connectivity index (χ4n) is 1.07. The molecule has 8 nitrogen and oxygen atoms in total. The van der Waals surface area contributed by atoms with Crippen LogP contribution in [0.5, 0.6) is 0 Å². The smallest absolute Gasteiger partial charge is 0.276 e. The average molecular weight is 241 g/mol. The number of hydrogen-bond donors (Lipinski definition) is 4. The molecular formula is C9H15N5O3. The van der Waals surface area contributed by atoms with Crippen molar-refractivity contribution >= 4 is 17.4 Å². The third-order valence-electron chi connectivity index (χ3n) is 1.93. The molecule has 0 spiro atoms. The van der Waals surface area contributed by atoms with Gasteiger partial charge in [0.2, 0.25) is 5.91 Å². The van der Waals surface area contributed by atoms with Crippen LogP contribution in [0.4, 0.5) is 11.5 Å². The molecule has 1 aromatic rings. The van der Waals surface area contributed by atoms with E-state index in [-0.39, 0.29) is 24.0 Å². The highest BCUT2D eigenvalue weighted by atomic mass is 16.5. The predicted octanol–water partition coefficient (Wildman–Crippen LogP) is -1.47. The monoisotopic (exact) mass is 241 g/mol. The van der Waals surface area contributed by atoms with Crippen molar-refractivity contribution in [3.05, 3.63) is 16.7 Å². The van der Waals surface area contributed by atoms with Crippen LogP contribution in [0.2, 0.25) is 0 Å². The Kier molecular flexibility index (Phi) is 4.95. The fraction of sp³-hybridized carbons (Fsp3) is 0.444. The Labute approximate surface area is 97.6 Å². The van der Waals surface area contributed by atoms with Gasteiger partial charge in [0.15, 0.2) is 5.82 Å². The Morgan fingerprint density at radius 1 is 1.65 bits per heavy atom. The van der Waals surface area contributed by atoms with E-state index in [2.05, 4.69) is 20.6 Å². The van der Waals surface area contributed by atoms with Gasteiger partial charge in [-0.1, -0.05) is 0 Å². The topological polar surface area (TPSA) is 122 Å². The predicted molar refractivity (Wildman–Crippen MR) is 62.6 cm³/mol. The van der Waals surface area contributed by atoms with Gasteiger partial charge in [-0.05, 0) is 0 Å². The van der Waals surface area contributed by atoms with Crippen molar-refractivity contribution in [1.82, 2.24) is 15.3 Å². The molecule has 1 aromatic heterocycles. The zero-order valence-electron chi connectivity index (χ0n) is 9.45. The molecule has 1 heterocycles. The average Bonchev–Trinajstić information content (AvgIpc) is 2.31. The highest BCUT2D eigenvalue weighted by Crippen LogP contribution is 2.05. The van der Waals surface area contributed by atoms with Gasteiger partial charge in [-0.2, -0.15) is 0 Å². The van der Waals surface area contributed by atoms with Gasteiger partial charge in [-0.3, -0.25) is 9.59 Å². The first kappa shape index (κ1) is 13.0. The maximum absolute atomic E-state index is 11.3. The fourth-order valence-corrected chi connectivity index (χ4v) is 1.07. The Balaban J connectivity index is 2.42. The second kappa shape index (κ2) is 6.48. The van der Waals surface area contributed by atoms with Gasteiger partial charge in [-0.25, -0.2) is 4.98 Å². The number of aromatic amines is 1. The van der Waals surface area contributed by atoms with Crippen LogP contribution in [0.25, 0.3) is 0 Å². The first-order valence-electron chi connectivity index (χ1n) is 4.97. The number of nitrogens with zero attached hydrogens (tertiary/aromatic N) is 1. The molecule has 94 valence electrons. The number of aromatic nitrogens is 2. The Hall–Kier alpha value is -2.09. The van der Waals surface area contributed by atoms with Crippen molar-refractivity contribution in [2.45, 2.75) is 0 Å². The van der Waals surface area contributed by atoms with Crippen molar-refractivity contribution in [3.63, 3.8) is 0 Å². The third kappa shape index (κ3) is 4.11. The molecule has 0 unspecified atom stereocenters. The minimum atomic E-state index is -0.442. The number of rotatable bonds is 6. The number of carbonyl (C=O) groups is 1. The summed E-state index contributed by atoms with van der Waals surface area (Å²) in [7, 11) is 1.55. The first-order valence-corrected chi connectivity index (χ1v) is 4.97. The number of carbonyl (C=O) groups excluding carboxylic acids is 1. The molecular weight excluding hydrogens is 226 g/mol. The van der Waals surface area contributed by atoms with E-state index in [1.165, 1.54) is 6.33 Å². The van der Waals surface area contributed by atoms with E-state index in [9.17, 15) is 9.59 Å². The standard InChI is InChI=1S/C9H15N5O3/c1-17-3-2-11-6(15)4-12-8-7(10)9(16)14-5-13-8/h5H,2-4,10H2,1H3,(H,11,15)(H2,12,13,14,16). The summed E-state index contributed by atoms with van der Waals surface area (Å²) in [5, 5.41) is 5.28. The highest BCUT2D eigenvalue weighted by Gasteiger charge is 2.06. The summed E-state index contributed by atoms with van der Waals surface area (Å²) in [6.07, 6.45) is 1.21. The lowest BCUT2D eigenvalue weighted by Gasteiger charge is -2.07. The summed E-state index contributed by atoms with van der Waals surface area (Å²) < 4.78 is 4.78. The quantitative estimate of drug-likeness (QED) is 0.451. The van der Waals surface area contributed by atoms with E-state index in [0.29, 0.717) is 13.2 Å². The number of hydrogen-bond acceptors (Lipinski definition) is 6. The third-order valence-corrected chi connectivity index (χ3v) is 1.93. The first-order chi connectivity index (χ1) is 8.15. The molecule has 0 aliphatic carbocycles. The minimum absolute atomic E-state index is 0.00956. The van der Waals surface area contributed by atoms with E-state index in [0.717, 1.165) is 0 Å². The molecule has 0 radical (unpaired) electrons. The molecule has 1 rings (SSSR count). The van der Waals surface area contributed by atoms with Crippen molar-refractivity contribution in [3.8, 4) is 0 Å². The molecule has 0 fully saturated rings. The molecule has 0 aliphatic rings. The number of H-pyrrole nitrogens is 1. The number of nitrogens with one attached hydrogen (secondary N) is 3. The van der Waals surface area contributed by atoms with Crippen molar-refractivity contribution in [2.75, 3.05) is 37.9 Å². The normalized spacial score (nSPS) is 9.94. The Bertz CT molecular complexity index is 431. The van der Waals surface area contributed by atoms with Crippen molar-refractivity contribution in [2.24, 2.45) is 0 Å². The van der Waals surface area contributed by atoms with Gasteiger partial charge in [0.05, 0.1) is 19.5 Å². The molecule has 17 heavy (non-hydrogen) atoms.